The van der Waals surface area contributed by atoms with Crippen molar-refractivity contribution >= 4 is 33.3 Å². The average molecular weight is 405 g/mol. The first-order valence-electron chi connectivity index (χ1n) is 7.23. The highest BCUT2D eigenvalue weighted by Gasteiger charge is 2.16. The van der Waals surface area contributed by atoms with Crippen molar-refractivity contribution in [2.24, 2.45) is 0 Å². The van der Waals surface area contributed by atoms with Gasteiger partial charge in [0.2, 0.25) is 0 Å². The average Bonchev–Trinajstić information content (AvgIpc) is 2.55. The Kier molecular flexibility index (Phi) is 6.38. The van der Waals surface area contributed by atoms with E-state index < -0.39 is 22.6 Å². The first-order valence-corrected chi connectivity index (χ1v) is 9.09. The van der Waals surface area contributed by atoms with E-state index in [1.54, 1.807) is 0 Å². The van der Waals surface area contributed by atoms with E-state index in [9.17, 15) is 27.1 Å². The molecule has 10 heteroatoms. The van der Waals surface area contributed by atoms with E-state index in [2.05, 4.69) is 9.46 Å². The molecule has 2 aromatic rings. The molecule has 0 bridgehead atoms. The summed E-state index contributed by atoms with van der Waals surface area (Å²) in [7, 11) is -3.94. The number of sulfonamides is 1. The lowest BCUT2D eigenvalue weighted by atomic mass is 10.1. The third-order valence-corrected chi connectivity index (χ3v) is 4.94. The smallest absolute Gasteiger partial charge is 0.387 e. The molecule has 0 unspecified atom stereocenters. The quantitative estimate of drug-likeness (QED) is 0.729. The molecular formula is C16H13ClF2NO5S-. The molecule has 0 amide bonds. The highest BCUT2D eigenvalue weighted by Crippen LogP contribution is 2.30. The zero-order chi connectivity index (χ0) is 19.3. The Bertz CT molecular complexity index is 888. The topological polar surface area (TPSA) is 95.5 Å². The summed E-state index contributed by atoms with van der Waals surface area (Å²) in [6.07, 6.45) is 0.0488. The Morgan fingerprint density at radius 3 is 2.38 bits per heavy atom. The summed E-state index contributed by atoms with van der Waals surface area (Å²) < 4.78 is 55.5. The van der Waals surface area contributed by atoms with E-state index in [1.807, 2.05) is 0 Å². The van der Waals surface area contributed by atoms with Gasteiger partial charge >= 0.3 is 6.61 Å². The van der Waals surface area contributed by atoms with E-state index in [1.165, 1.54) is 30.3 Å². The van der Waals surface area contributed by atoms with Gasteiger partial charge in [0, 0.05) is 5.97 Å². The van der Waals surface area contributed by atoms with Crippen LogP contribution in [0.1, 0.15) is 12.0 Å². The van der Waals surface area contributed by atoms with Crippen molar-refractivity contribution in [2.75, 3.05) is 4.72 Å². The number of benzene rings is 2. The number of aliphatic carboxylic acids is 1. The Morgan fingerprint density at radius 1 is 1.19 bits per heavy atom. The van der Waals surface area contributed by atoms with E-state index in [-0.39, 0.29) is 34.2 Å². The van der Waals surface area contributed by atoms with E-state index in [0.717, 1.165) is 12.1 Å². The number of rotatable bonds is 8. The minimum atomic E-state index is -3.94. The normalized spacial score (nSPS) is 11.4. The summed E-state index contributed by atoms with van der Waals surface area (Å²) in [5.74, 6) is -1.47. The van der Waals surface area contributed by atoms with Crippen LogP contribution in [0.4, 0.5) is 14.5 Å². The van der Waals surface area contributed by atoms with Gasteiger partial charge < -0.3 is 14.6 Å². The molecule has 0 aliphatic rings. The van der Waals surface area contributed by atoms with Gasteiger partial charge in [0.15, 0.2) is 0 Å². The molecule has 0 aliphatic heterocycles. The predicted octanol–water partition coefficient (Wildman–Crippen LogP) is 2.42. The monoisotopic (exact) mass is 404 g/mol. The molecule has 0 aromatic heterocycles. The number of alkyl halides is 2. The highest BCUT2D eigenvalue weighted by atomic mass is 35.5. The summed E-state index contributed by atoms with van der Waals surface area (Å²) in [6, 6.07) is 9.12. The van der Waals surface area contributed by atoms with Crippen molar-refractivity contribution in [3.63, 3.8) is 0 Å². The van der Waals surface area contributed by atoms with Gasteiger partial charge in [-0.15, -0.1) is 0 Å². The van der Waals surface area contributed by atoms with Gasteiger partial charge in [0.25, 0.3) is 10.0 Å². The summed E-state index contributed by atoms with van der Waals surface area (Å²) >= 11 is 5.78. The van der Waals surface area contributed by atoms with Crippen LogP contribution in [0, 0.1) is 0 Å². The van der Waals surface area contributed by atoms with Gasteiger partial charge in [0.1, 0.15) is 5.75 Å². The Morgan fingerprint density at radius 2 is 1.85 bits per heavy atom. The van der Waals surface area contributed by atoms with Gasteiger partial charge in [-0.05, 0) is 48.7 Å². The zero-order valence-corrected chi connectivity index (χ0v) is 14.7. The lowest BCUT2D eigenvalue weighted by Crippen LogP contribution is -2.22. The lowest BCUT2D eigenvalue weighted by Gasteiger charge is -2.11. The molecule has 0 aliphatic carbocycles. The molecule has 2 aromatic carbocycles. The van der Waals surface area contributed by atoms with Crippen LogP contribution in [0.15, 0.2) is 47.4 Å². The fraction of sp³-hybridized carbons (Fsp3) is 0.188. The Balaban J connectivity index is 2.13. The predicted molar refractivity (Wildman–Crippen MR) is 88.7 cm³/mol. The van der Waals surface area contributed by atoms with Crippen LogP contribution in [0.3, 0.4) is 0 Å². The minimum Gasteiger partial charge on any atom is -0.550 e. The van der Waals surface area contributed by atoms with Crippen LogP contribution in [0.2, 0.25) is 5.02 Å². The van der Waals surface area contributed by atoms with Crippen molar-refractivity contribution in [3.8, 4) is 5.75 Å². The first kappa shape index (κ1) is 19.9. The van der Waals surface area contributed by atoms with Gasteiger partial charge in [0.05, 0.1) is 15.6 Å². The molecule has 1 N–H and O–H groups in total. The van der Waals surface area contributed by atoms with E-state index >= 15 is 0 Å². The molecule has 0 heterocycles. The number of halogens is 3. The van der Waals surface area contributed by atoms with Crippen LogP contribution in [-0.4, -0.2) is 21.0 Å². The van der Waals surface area contributed by atoms with Gasteiger partial charge in [-0.25, -0.2) is 8.42 Å². The lowest BCUT2D eigenvalue weighted by molar-refractivity contribution is -0.305. The van der Waals surface area contributed by atoms with Crippen LogP contribution >= 0.6 is 11.6 Å². The van der Waals surface area contributed by atoms with Crippen molar-refractivity contribution in [1.82, 2.24) is 0 Å². The number of anilines is 1. The van der Waals surface area contributed by atoms with Gasteiger partial charge in [-0.2, -0.15) is 8.78 Å². The number of hydrogen-bond donors (Lipinski definition) is 1. The van der Waals surface area contributed by atoms with Crippen molar-refractivity contribution < 1.29 is 31.8 Å². The summed E-state index contributed by atoms with van der Waals surface area (Å²) in [5.41, 5.74) is 0.710. The highest BCUT2D eigenvalue weighted by molar-refractivity contribution is 7.92. The molecule has 140 valence electrons. The third kappa shape index (κ3) is 5.57. The van der Waals surface area contributed by atoms with Crippen LogP contribution in [0.5, 0.6) is 5.75 Å². The number of ether oxygens (including phenoxy) is 1. The van der Waals surface area contributed by atoms with Crippen molar-refractivity contribution in [2.45, 2.75) is 24.3 Å². The number of carbonyl (C=O) groups is 1. The maximum absolute atomic E-state index is 12.3. The second-order valence-corrected chi connectivity index (χ2v) is 7.23. The van der Waals surface area contributed by atoms with Crippen molar-refractivity contribution in [3.05, 3.63) is 53.1 Å². The van der Waals surface area contributed by atoms with Gasteiger partial charge in [-0.3, -0.25) is 4.72 Å². The van der Waals surface area contributed by atoms with Gasteiger partial charge in [-0.1, -0.05) is 23.7 Å². The number of carbonyl (C=O) groups excluding carboxylic acids is 1. The Hall–Kier alpha value is -2.39. The summed E-state index contributed by atoms with van der Waals surface area (Å²) in [6.45, 7) is -3.05. The fourth-order valence-corrected chi connectivity index (χ4v) is 3.33. The largest absolute Gasteiger partial charge is 0.550 e. The molecule has 0 atom stereocenters. The molecule has 0 spiro atoms. The molecule has 2 rings (SSSR count). The SMILES string of the molecule is O=C([O-])CCc1ccc(S(=O)(=O)Nc2ccc(OC(F)F)c(Cl)c2)cc1. The second-order valence-electron chi connectivity index (χ2n) is 5.15. The maximum atomic E-state index is 12.3. The number of carboxylic acid groups (broad SMARTS) is 1. The molecule has 6 nitrogen and oxygen atoms in total. The minimum absolute atomic E-state index is 0.0567. The molecule has 0 saturated heterocycles. The number of nitrogens with one attached hydrogen (secondary N) is 1. The zero-order valence-electron chi connectivity index (χ0n) is 13.1. The number of aryl methyl sites for hydroxylation is 1. The molecule has 0 fully saturated rings. The molecule has 0 radical (unpaired) electrons. The van der Waals surface area contributed by atoms with E-state index in [4.69, 9.17) is 11.6 Å². The first-order chi connectivity index (χ1) is 12.2. The molecular weight excluding hydrogens is 392 g/mol. The Labute approximate surface area is 153 Å². The van der Waals surface area contributed by atoms with E-state index in [0.29, 0.717) is 5.56 Å². The standard InChI is InChI=1S/C16H14ClF2NO5S/c17-13-9-11(4-7-14(13)25-16(18)19)20-26(23,24)12-5-1-10(2-6-12)3-8-15(21)22/h1-2,4-7,9,16,20H,3,8H2,(H,21,22)/p-1. The molecule has 26 heavy (non-hydrogen) atoms. The number of hydrogen-bond acceptors (Lipinski definition) is 5. The summed E-state index contributed by atoms with van der Waals surface area (Å²) in [5, 5.41) is 10.3. The van der Waals surface area contributed by atoms with Crippen LogP contribution in [0.25, 0.3) is 0 Å². The second kappa shape index (κ2) is 8.33. The third-order valence-electron chi connectivity index (χ3n) is 3.25. The molecule has 0 saturated carbocycles. The fourth-order valence-electron chi connectivity index (χ4n) is 2.05. The van der Waals surface area contributed by atoms with Crippen molar-refractivity contribution in [1.29, 1.82) is 0 Å². The number of carboxylic acids is 1. The summed E-state index contributed by atoms with van der Waals surface area (Å²) in [4.78, 5) is 10.4. The maximum Gasteiger partial charge on any atom is 0.387 e. The van der Waals surface area contributed by atoms with Crippen LogP contribution < -0.4 is 14.6 Å². The van der Waals surface area contributed by atoms with Crippen LogP contribution in [-0.2, 0) is 21.2 Å².